The van der Waals surface area contributed by atoms with Crippen LogP contribution in [0.15, 0.2) is 70.3 Å². The molecule has 7 heteroatoms. The van der Waals surface area contributed by atoms with Crippen LogP contribution in [-0.4, -0.2) is 22.0 Å². The molecule has 3 rings (SSSR count). The average Bonchev–Trinajstić information content (AvgIpc) is 2.75. The summed E-state index contributed by atoms with van der Waals surface area (Å²) in [5.74, 6) is -0.207. The first-order valence-electron chi connectivity index (χ1n) is 10.0. The van der Waals surface area contributed by atoms with E-state index in [9.17, 15) is 14.4 Å². The molecule has 0 saturated carbocycles. The van der Waals surface area contributed by atoms with Gasteiger partial charge in [0.2, 0.25) is 5.91 Å². The Balaban J connectivity index is 1.82. The zero-order valence-electron chi connectivity index (χ0n) is 17.0. The molecule has 1 amide bonds. The predicted octanol–water partition coefficient (Wildman–Crippen LogP) is 2.54. The molecule has 0 spiro atoms. The SMILES string of the molecule is CCN(C(=O)CCCc1ccccc1)c1c(N)n(Cc2ccccc2)c(=O)[nH]c1=O. The first kappa shape index (κ1) is 21.1. The van der Waals surface area contributed by atoms with Crippen molar-refractivity contribution in [3.63, 3.8) is 0 Å². The van der Waals surface area contributed by atoms with Crippen LogP contribution in [0, 0.1) is 0 Å². The Morgan fingerprint density at radius 3 is 2.20 bits per heavy atom. The van der Waals surface area contributed by atoms with E-state index >= 15 is 0 Å². The molecule has 30 heavy (non-hydrogen) atoms. The molecule has 0 aliphatic heterocycles. The molecule has 0 aliphatic rings. The van der Waals surface area contributed by atoms with E-state index in [2.05, 4.69) is 4.98 Å². The normalized spacial score (nSPS) is 10.7. The number of aromatic nitrogens is 2. The summed E-state index contributed by atoms with van der Waals surface area (Å²) in [4.78, 5) is 41.4. The van der Waals surface area contributed by atoms with Crippen molar-refractivity contribution in [1.82, 2.24) is 9.55 Å². The fourth-order valence-corrected chi connectivity index (χ4v) is 3.44. The second kappa shape index (κ2) is 9.73. The van der Waals surface area contributed by atoms with Gasteiger partial charge in [-0.1, -0.05) is 60.7 Å². The van der Waals surface area contributed by atoms with E-state index in [1.54, 1.807) is 6.92 Å². The van der Waals surface area contributed by atoms with Gasteiger partial charge in [-0.2, -0.15) is 0 Å². The van der Waals surface area contributed by atoms with Crippen LogP contribution in [0.25, 0.3) is 0 Å². The molecule has 1 aromatic heterocycles. The summed E-state index contributed by atoms with van der Waals surface area (Å²) >= 11 is 0. The van der Waals surface area contributed by atoms with Gasteiger partial charge in [-0.3, -0.25) is 19.1 Å². The molecule has 0 atom stereocenters. The van der Waals surface area contributed by atoms with Crippen molar-refractivity contribution in [2.24, 2.45) is 0 Å². The second-order valence-electron chi connectivity index (χ2n) is 7.04. The highest BCUT2D eigenvalue weighted by atomic mass is 16.2. The molecular formula is C23H26N4O3. The van der Waals surface area contributed by atoms with Crippen molar-refractivity contribution in [1.29, 1.82) is 0 Å². The van der Waals surface area contributed by atoms with Crippen LogP contribution in [-0.2, 0) is 17.8 Å². The van der Waals surface area contributed by atoms with Crippen molar-refractivity contribution < 1.29 is 4.79 Å². The molecule has 1 heterocycles. The molecule has 0 bridgehead atoms. The smallest absolute Gasteiger partial charge is 0.330 e. The van der Waals surface area contributed by atoms with Crippen LogP contribution >= 0.6 is 0 Å². The van der Waals surface area contributed by atoms with Crippen molar-refractivity contribution in [3.8, 4) is 0 Å². The fourth-order valence-electron chi connectivity index (χ4n) is 3.44. The number of hydrogen-bond acceptors (Lipinski definition) is 4. The number of H-pyrrole nitrogens is 1. The van der Waals surface area contributed by atoms with Crippen LogP contribution in [0.4, 0.5) is 11.5 Å². The Labute approximate surface area is 174 Å². The summed E-state index contributed by atoms with van der Waals surface area (Å²) in [7, 11) is 0. The number of carbonyl (C=O) groups excluding carboxylic acids is 1. The molecule has 3 aromatic rings. The zero-order chi connectivity index (χ0) is 21.5. The number of carbonyl (C=O) groups is 1. The van der Waals surface area contributed by atoms with E-state index in [4.69, 9.17) is 5.73 Å². The lowest BCUT2D eigenvalue weighted by atomic mass is 10.1. The maximum Gasteiger partial charge on any atom is 0.330 e. The molecular weight excluding hydrogens is 380 g/mol. The third-order valence-corrected chi connectivity index (χ3v) is 4.98. The van der Waals surface area contributed by atoms with Crippen LogP contribution < -0.4 is 21.9 Å². The minimum absolute atomic E-state index is 0.00846. The summed E-state index contributed by atoms with van der Waals surface area (Å²) in [6, 6.07) is 19.2. The van der Waals surface area contributed by atoms with E-state index < -0.39 is 11.2 Å². The largest absolute Gasteiger partial charge is 0.383 e. The van der Waals surface area contributed by atoms with Gasteiger partial charge in [0.05, 0.1) is 6.54 Å². The van der Waals surface area contributed by atoms with E-state index in [1.165, 1.54) is 9.47 Å². The van der Waals surface area contributed by atoms with Gasteiger partial charge in [0.15, 0.2) is 5.69 Å². The highest BCUT2D eigenvalue weighted by molar-refractivity contribution is 5.95. The standard InChI is InChI=1S/C23H26N4O3/c1-2-26(19(28)15-9-14-17-10-5-3-6-11-17)20-21(24)27(23(30)25-22(20)29)16-18-12-7-4-8-13-18/h3-8,10-13H,2,9,14-16,24H2,1H3,(H,25,29,30). The highest BCUT2D eigenvalue weighted by Gasteiger charge is 2.22. The molecule has 0 fully saturated rings. The summed E-state index contributed by atoms with van der Waals surface area (Å²) in [6.45, 7) is 2.26. The number of aryl methyl sites for hydroxylation is 1. The maximum atomic E-state index is 12.9. The quantitative estimate of drug-likeness (QED) is 0.600. The van der Waals surface area contributed by atoms with Crippen LogP contribution in [0.2, 0.25) is 0 Å². The summed E-state index contributed by atoms with van der Waals surface area (Å²) in [5.41, 5.74) is 7.01. The predicted molar refractivity (Wildman–Crippen MR) is 119 cm³/mol. The molecule has 2 aromatic carbocycles. The molecule has 7 nitrogen and oxygen atoms in total. The Morgan fingerprint density at radius 2 is 1.60 bits per heavy atom. The van der Waals surface area contributed by atoms with Gasteiger partial charge in [-0.25, -0.2) is 4.79 Å². The van der Waals surface area contributed by atoms with Gasteiger partial charge in [-0.05, 0) is 30.9 Å². The van der Waals surface area contributed by atoms with Gasteiger partial charge >= 0.3 is 5.69 Å². The summed E-state index contributed by atoms with van der Waals surface area (Å²) in [5, 5.41) is 0. The first-order chi connectivity index (χ1) is 14.5. The number of nitrogens with two attached hydrogens (primary N) is 1. The Morgan fingerprint density at radius 1 is 1.00 bits per heavy atom. The van der Waals surface area contributed by atoms with Crippen LogP contribution in [0.3, 0.4) is 0 Å². The lowest BCUT2D eigenvalue weighted by molar-refractivity contribution is -0.118. The number of nitrogens with zero attached hydrogens (tertiary/aromatic N) is 2. The van der Waals surface area contributed by atoms with Crippen molar-refractivity contribution in [2.75, 3.05) is 17.2 Å². The van der Waals surface area contributed by atoms with Gasteiger partial charge in [0.25, 0.3) is 5.56 Å². The van der Waals surface area contributed by atoms with E-state index in [0.717, 1.165) is 17.5 Å². The Hall–Kier alpha value is -3.61. The van der Waals surface area contributed by atoms with Gasteiger partial charge in [-0.15, -0.1) is 0 Å². The number of hydrogen-bond donors (Lipinski definition) is 2. The molecule has 156 valence electrons. The van der Waals surface area contributed by atoms with Crippen molar-refractivity contribution in [3.05, 3.63) is 92.6 Å². The van der Waals surface area contributed by atoms with Crippen molar-refractivity contribution in [2.45, 2.75) is 32.7 Å². The highest BCUT2D eigenvalue weighted by Crippen LogP contribution is 2.19. The molecule has 0 radical (unpaired) electrons. The van der Waals surface area contributed by atoms with Gasteiger partial charge < -0.3 is 10.6 Å². The average molecular weight is 406 g/mol. The van der Waals surface area contributed by atoms with Crippen LogP contribution in [0.5, 0.6) is 0 Å². The van der Waals surface area contributed by atoms with Gasteiger partial charge in [0, 0.05) is 13.0 Å². The number of nitrogen functional groups attached to an aromatic ring is 1. The lowest BCUT2D eigenvalue weighted by Crippen LogP contribution is -2.41. The Bertz CT molecular complexity index is 1100. The van der Waals surface area contributed by atoms with Crippen LogP contribution in [0.1, 0.15) is 30.9 Å². The molecule has 3 N–H and O–H groups in total. The first-order valence-corrected chi connectivity index (χ1v) is 10.0. The number of anilines is 2. The summed E-state index contributed by atoms with van der Waals surface area (Å²) in [6.07, 6.45) is 1.70. The number of amides is 1. The van der Waals surface area contributed by atoms with E-state index in [1.807, 2.05) is 60.7 Å². The van der Waals surface area contributed by atoms with Gasteiger partial charge in [0.1, 0.15) is 5.82 Å². The number of benzene rings is 2. The minimum Gasteiger partial charge on any atom is -0.383 e. The maximum absolute atomic E-state index is 12.9. The minimum atomic E-state index is -0.653. The third-order valence-electron chi connectivity index (χ3n) is 4.98. The number of rotatable bonds is 8. The molecule has 0 saturated heterocycles. The van der Waals surface area contributed by atoms with E-state index in [-0.39, 0.29) is 36.9 Å². The zero-order valence-corrected chi connectivity index (χ0v) is 17.0. The monoisotopic (exact) mass is 406 g/mol. The van der Waals surface area contributed by atoms with E-state index in [0.29, 0.717) is 6.42 Å². The lowest BCUT2D eigenvalue weighted by Gasteiger charge is -2.23. The summed E-state index contributed by atoms with van der Waals surface area (Å²) < 4.78 is 1.28. The molecule has 0 unspecified atom stereocenters. The van der Waals surface area contributed by atoms with Crippen molar-refractivity contribution >= 4 is 17.4 Å². The molecule has 0 aliphatic carbocycles. The topological polar surface area (TPSA) is 101 Å². The Kier molecular flexibility index (Phi) is 6.85. The second-order valence-corrected chi connectivity index (χ2v) is 7.04. The number of aromatic amines is 1. The third kappa shape index (κ3) is 4.86. The fraction of sp³-hybridized carbons (Fsp3) is 0.261. The number of nitrogens with one attached hydrogen (secondary N) is 1.